The van der Waals surface area contributed by atoms with Crippen molar-refractivity contribution in [2.24, 2.45) is 0 Å². The Kier molecular flexibility index (Phi) is 2.88. The van der Waals surface area contributed by atoms with Gasteiger partial charge in [-0.15, -0.1) is 0 Å². The lowest BCUT2D eigenvalue weighted by atomic mass is 10.3. The van der Waals surface area contributed by atoms with Gasteiger partial charge in [0.05, 0.1) is 5.56 Å². The lowest BCUT2D eigenvalue weighted by molar-refractivity contribution is 0.984. The number of rotatable bonds is 2. The fraction of sp³-hybridized carbons (Fsp3) is 0.333. The summed E-state index contributed by atoms with van der Waals surface area (Å²) in [5.41, 5.74) is 0.775. The molecule has 1 rings (SSSR count). The van der Waals surface area contributed by atoms with Crippen molar-refractivity contribution in [3.05, 3.63) is 23.1 Å². The molecular formula is C9H12ClN3. The van der Waals surface area contributed by atoms with Gasteiger partial charge < -0.3 is 4.90 Å². The van der Waals surface area contributed by atoms with Gasteiger partial charge in [0.1, 0.15) is 16.8 Å². The highest BCUT2D eigenvalue weighted by Crippen LogP contribution is 2.23. The molecule has 0 bridgehead atoms. The molecule has 4 heteroatoms. The fourth-order valence-corrected chi connectivity index (χ4v) is 1.33. The summed E-state index contributed by atoms with van der Waals surface area (Å²) >= 11 is 5.93. The van der Waals surface area contributed by atoms with E-state index in [-0.39, 0.29) is 0 Å². The van der Waals surface area contributed by atoms with Crippen LogP contribution in [0.1, 0.15) is 11.4 Å². The van der Waals surface area contributed by atoms with Crippen molar-refractivity contribution < 1.29 is 0 Å². The number of nitrogens with zero attached hydrogens (tertiary/aromatic N) is 3. The van der Waals surface area contributed by atoms with Crippen LogP contribution in [0, 0.1) is 6.92 Å². The standard InChI is InChI=1S/C9H12ClN3/c1-5-7-8(10)11-6(2)12-9(7)13(3)4/h5H,1H2,2-4H3. The molecule has 70 valence electrons. The van der Waals surface area contributed by atoms with Crippen LogP contribution in [0.4, 0.5) is 5.82 Å². The van der Waals surface area contributed by atoms with Crippen LogP contribution >= 0.6 is 11.6 Å². The number of hydrogen-bond donors (Lipinski definition) is 0. The van der Waals surface area contributed by atoms with E-state index >= 15 is 0 Å². The number of hydrogen-bond acceptors (Lipinski definition) is 3. The van der Waals surface area contributed by atoms with Gasteiger partial charge in [-0.3, -0.25) is 0 Å². The maximum Gasteiger partial charge on any atom is 0.142 e. The van der Waals surface area contributed by atoms with Crippen molar-refractivity contribution in [1.29, 1.82) is 0 Å². The number of aryl methyl sites for hydroxylation is 1. The maximum atomic E-state index is 5.93. The number of anilines is 1. The highest BCUT2D eigenvalue weighted by molar-refractivity contribution is 6.31. The van der Waals surface area contributed by atoms with Gasteiger partial charge >= 0.3 is 0 Å². The van der Waals surface area contributed by atoms with Crippen LogP contribution in [0.25, 0.3) is 6.08 Å². The minimum absolute atomic E-state index is 0.450. The Labute approximate surface area is 83.1 Å². The topological polar surface area (TPSA) is 29.0 Å². The van der Waals surface area contributed by atoms with Crippen LogP contribution < -0.4 is 4.90 Å². The van der Waals surface area contributed by atoms with Crippen molar-refractivity contribution in [1.82, 2.24) is 9.97 Å². The molecule has 1 aromatic heterocycles. The molecule has 3 nitrogen and oxygen atoms in total. The monoisotopic (exact) mass is 197 g/mol. The van der Waals surface area contributed by atoms with Crippen molar-refractivity contribution in [3.8, 4) is 0 Å². The average Bonchev–Trinajstić information content (AvgIpc) is 2.02. The zero-order valence-corrected chi connectivity index (χ0v) is 8.76. The SMILES string of the molecule is C=Cc1c(Cl)nc(C)nc1N(C)C. The van der Waals surface area contributed by atoms with E-state index < -0.39 is 0 Å². The van der Waals surface area contributed by atoms with Gasteiger partial charge in [-0.1, -0.05) is 24.3 Å². The van der Waals surface area contributed by atoms with E-state index in [9.17, 15) is 0 Å². The molecule has 0 aliphatic rings. The van der Waals surface area contributed by atoms with Gasteiger partial charge in [0.2, 0.25) is 0 Å². The zero-order valence-electron chi connectivity index (χ0n) is 8.00. The number of halogens is 1. The Balaban J connectivity index is 3.38. The predicted molar refractivity (Wildman–Crippen MR) is 56.2 cm³/mol. The largest absolute Gasteiger partial charge is 0.362 e. The lowest BCUT2D eigenvalue weighted by Crippen LogP contribution is -2.13. The van der Waals surface area contributed by atoms with Gasteiger partial charge in [-0.25, -0.2) is 9.97 Å². The quantitative estimate of drug-likeness (QED) is 0.681. The molecule has 0 saturated carbocycles. The molecule has 13 heavy (non-hydrogen) atoms. The van der Waals surface area contributed by atoms with Crippen LogP contribution in [0.2, 0.25) is 5.15 Å². The summed E-state index contributed by atoms with van der Waals surface area (Å²) in [6.07, 6.45) is 1.66. The second-order valence-electron chi connectivity index (χ2n) is 2.90. The molecule has 0 spiro atoms. The molecular weight excluding hydrogens is 186 g/mol. The molecule has 0 fully saturated rings. The summed E-state index contributed by atoms with van der Waals surface area (Å²) in [7, 11) is 3.82. The van der Waals surface area contributed by atoms with Gasteiger partial charge in [0, 0.05) is 14.1 Å². The van der Waals surface area contributed by atoms with Crippen molar-refractivity contribution in [2.45, 2.75) is 6.92 Å². The van der Waals surface area contributed by atoms with E-state index in [2.05, 4.69) is 16.5 Å². The van der Waals surface area contributed by atoms with E-state index in [4.69, 9.17) is 11.6 Å². The van der Waals surface area contributed by atoms with Gasteiger partial charge in [0.15, 0.2) is 0 Å². The summed E-state index contributed by atoms with van der Waals surface area (Å²) in [6.45, 7) is 5.48. The van der Waals surface area contributed by atoms with E-state index in [0.717, 1.165) is 11.4 Å². The summed E-state index contributed by atoms with van der Waals surface area (Å²) in [4.78, 5) is 10.2. The van der Waals surface area contributed by atoms with E-state index in [1.165, 1.54) is 0 Å². The fourth-order valence-electron chi connectivity index (χ4n) is 1.05. The molecule has 0 radical (unpaired) electrons. The molecule has 0 unspecified atom stereocenters. The number of aromatic nitrogens is 2. The minimum atomic E-state index is 0.450. The van der Waals surface area contributed by atoms with Crippen LogP contribution in [-0.4, -0.2) is 24.1 Å². The van der Waals surface area contributed by atoms with Crippen molar-refractivity contribution in [3.63, 3.8) is 0 Å². The van der Waals surface area contributed by atoms with E-state index in [1.54, 1.807) is 6.08 Å². The van der Waals surface area contributed by atoms with Crippen LogP contribution in [-0.2, 0) is 0 Å². The molecule has 0 amide bonds. The maximum absolute atomic E-state index is 5.93. The second-order valence-corrected chi connectivity index (χ2v) is 3.26. The third-order valence-corrected chi connectivity index (χ3v) is 1.91. The van der Waals surface area contributed by atoms with Crippen molar-refractivity contribution in [2.75, 3.05) is 19.0 Å². The molecule has 0 aromatic carbocycles. The third kappa shape index (κ3) is 1.98. The summed E-state index contributed by atoms with van der Waals surface area (Å²) in [5.74, 6) is 1.46. The summed E-state index contributed by atoms with van der Waals surface area (Å²) < 4.78 is 0. The molecule has 1 heterocycles. The van der Waals surface area contributed by atoms with Gasteiger partial charge in [-0.2, -0.15) is 0 Å². The van der Waals surface area contributed by atoms with Gasteiger partial charge in [-0.05, 0) is 6.92 Å². The molecule has 0 atom stereocenters. The molecule has 0 saturated heterocycles. The van der Waals surface area contributed by atoms with Gasteiger partial charge in [0.25, 0.3) is 0 Å². The Morgan fingerprint density at radius 2 is 2.00 bits per heavy atom. The Bertz CT molecular complexity index is 334. The third-order valence-electron chi connectivity index (χ3n) is 1.62. The van der Waals surface area contributed by atoms with Crippen LogP contribution in [0.3, 0.4) is 0 Å². The Morgan fingerprint density at radius 1 is 1.38 bits per heavy atom. The zero-order chi connectivity index (χ0) is 10.0. The molecule has 0 aliphatic carbocycles. The summed E-state index contributed by atoms with van der Waals surface area (Å²) in [5, 5.41) is 0.450. The first-order valence-electron chi connectivity index (χ1n) is 3.90. The summed E-state index contributed by atoms with van der Waals surface area (Å²) in [6, 6.07) is 0. The molecule has 1 aromatic rings. The Morgan fingerprint density at radius 3 is 2.46 bits per heavy atom. The average molecular weight is 198 g/mol. The highest BCUT2D eigenvalue weighted by Gasteiger charge is 2.09. The van der Waals surface area contributed by atoms with Crippen LogP contribution in [0.5, 0.6) is 0 Å². The first kappa shape index (κ1) is 9.99. The smallest absolute Gasteiger partial charge is 0.142 e. The van der Waals surface area contributed by atoms with E-state index in [1.807, 2.05) is 25.9 Å². The first-order chi connectivity index (χ1) is 6.06. The normalized spacial score (nSPS) is 9.85. The predicted octanol–water partition coefficient (Wildman–Crippen LogP) is 2.15. The van der Waals surface area contributed by atoms with Crippen LogP contribution in [0.15, 0.2) is 6.58 Å². The highest BCUT2D eigenvalue weighted by atomic mass is 35.5. The minimum Gasteiger partial charge on any atom is -0.362 e. The lowest BCUT2D eigenvalue weighted by Gasteiger charge is -2.15. The molecule has 0 aliphatic heterocycles. The van der Waals surface area contributed by atoms with E-state index in [0.29, 0.717) is 11.0 Å². The second kappa shape index (κ2) is 3.75. The first-order valence-corrected chi connectivity index (χ1v) is 4.28. The Hall–Kier alpha value is -1.09. The molecule has 0 N–H and O–H groups in total. The van der Waals surface area contributed by atoms with Crippen molar-refractivity contribution >= 4 is 23.5 Å².